The van der Waals surface area contributed by atoms with Crippen LogP contribution in [0, 0.1) is 5.92 Å². The smallest absolute Gasteiger partial charge is 0.282 e. The Labute approximate surface area is 187 Å². The SMILES string of the molecule is CCN(CC1CCN(S(=O)(=O)N2CCOCC2)CC1)[C@@H](C)Cc1ccc2c(c1)CCO2. The minimum absolute atomic E-state index is 0.459. The van der Waals surface area contributed by atoms with Crippen LogP contribution in [-0.4, -0.2) is 87.1 Å². The van der Waals surface area contributed by atoms with Gasteiger partial charge < -0.3 is 14.4 Å². The average molecular weight is 452 g/mol. The maximum absolute atomic E-state index is 12.9. The van der Waals surface area contributed by atoms with E-state index in [0.29, 0.717) is 51.4 Å². The predicted molar refractivity (Wildman–Crippen MR) is 122 cm³/mol. The first-order chi connectivity index (χ1) is 15.0. The monoisotopic (exact) mass is 451 g/mol. The molecule has 8 heteroatoms. The summed E-state index contributed by atoms with van der Waals surface area (Å²) < 4.78 is 40.0. The highest BCUT2D eigenvalue weighted by Gasteiger charge is 2.34. The van der Waals surface area contributed by atoms with Gasteiger partial charge in [-0.05, 0) is 55.8 Å². The van der Waals surface area contributed by atoms with Gasteiger partial charge in [-0.1, -0.05) is 19.1 Å². The number of hydrogen-bond donors (Lipinski definition) is 0. The molecule has 2 fully saturated rings. The molecule has 31 heavy (non-hydrogen) atoms. The molecule has 7 nitrogen and oxygen atoms in total. The normalized spacial score (nSPS) is 22.4. The van der Waals surface area contributed by atoms with Crippen LogP contribution in [0.2, 0.25) is 0 Å². The van der Waals surface area contributed by atoms with Gasteiger partial charge in [0.25, 0.3) is 10.2 Å². The molecule has 0 unspecified atom stereocenters. The van der Waals surface area contributed by atoms with Crippen molar-refractivity contribution in [3.05, 3.63) is 29.3 Å². The Bertz CT molecular complexity index is 833. The van der Waals surface area contributed by atoms with Gasteiger partial charge in [-0.15, -0.1) is 0 Å². The Morgan fingerprint density at radius 1 is 1.10 bits per heavy atom. The van der Waals surface area contributed by atoms with Crippen molar-refractivity contribution in [2.24, 2.45) is 5.92 Å². The maximum Gasteiger partial charge on any atom is 0.282 e. The van der Waals surface area contributed by atoms with E-state index < -0.39 is 10.2 Å². The van der Waals surface area contributed by atoms with Crippen LogP contribution in [-0.2, 0) is 27.8 Å². The first kappa shape index (κ1) is 23.0. The Hall–Kier alpha value is -1.19. The maximum atomic E-state index is 12.9. The summed E-state index contributed by atoms with van der Waals surface area (Å²) in [6.45, 7) is 10.6. The summed E-state index contributed by atoms with van der Waals surface area (Å²) in [5, 5.41) is 0. The van der Waals surface area contributed by atoms with Crippen molar-refractivity contribution in [1.29, 1.82) is 0 Å². The first-order valence-electron chi connectivity index (χ1n) is 11.8. The molecule has 3 heterocycles. The quantitative estimate of drug-likeness (QED) is 0.606. The van der Waals surface area contributed by atoms with Crippen molar-refractivity contribution in [3.8, 4) is 5.75 Å². The van der Waals surface area contributed by atoms with Crippen molar-refractivity contribution in [3.63, 3.8) is 0 Å². The molecule has 0 spiro atoms. The summed E-state index contributed by atoms with van der Waals surface area (Å²) in [5.41, 5.74) is 2.71. The molecule has 2 saturated heterocycles. The average Bonchev–Trinajstić information content (AvgIpc) is 3.26. The van der Waals surface area contributed by atoms with E-state index in [4.69, 9.17) is 9.47 Å². The van der Waals surface area contributed by atoms with E-state index in [1.54, 1.807) is 8.61 Å². The van der Waals surface area contributed by atoms with Crippen LogP contribution in [0.15, 0.2) is 18.2 Å². The van der Waals surface area contributed by atoms with E-state index in [-0.39, 0.29) is 0 Å². The lowest BCUT2D eigenvalue weighted by Crippen LogP contribution is -2.51. The van der Waals surface area contributed by atoms with E-state index in [2.05, 4.69) is 36.9 Å². The van der Waals surface area contributed by atoms with Gasteiger partial charge in [-0.25, -0.2) is 0 Å². The van der Waals surface area contributed by atoms with Crippen LogP contribution in [0.5, 0.6) is 5.75 Å². The molecule has 1 aromatic rings. The number of likely N-dealkylation sites (N-methyl/N-ethyl adjacent to an activating group) is 1. The van der Waals surface area contributed by atoms with Gasteiger partial charge in [0.15, 0.2) is 0 Å². The highest BCUT2D eigenvalue weighted by atomic mass is 32.2. The van der Waals surface area contributed by atoms with Gasteiger partial charge in [0, 0.05) is 45.2 Å². The third kappa shape index (κ3) is 5.42. The van der Waals surface area contributed by atoms with Gasteiger partial charge in [-0.3, -0.25) is 0 Å². The summed E-state index contributed by atoms with van der Waals surface area (Å²) >= 11 is 0. The molecule has 3 aliphatic heterocycles. The predicted octanol–water partition coefficient (Wildman–Crippen LogP) is 2.16. The molecule has 0 N–H and O–H groups in total. The number of piperidine rings is 1. The van der Waals surface area contributed by atoms with Crippen molar-refractivity contribution in [1.82, 2.24) is 13.5 Å². The molecule has 0 bridgehead atoms. The molecule has 3 aliphatic rings. The van der Waals surface area contributed by atoms with E-state index in [1.807, 2.05) is 0 Å². The zero-order chi connectivity index (χ0) is 21.8. The fourth-order valence-electron chi connectivity index (χ4n) is 5.05. The number of ether oxygens (including phenoxy) is 2. The number of morpholine rings is 1. The molecule has 0 amide bonds. The van der Waals surface area contributed by atoms with Gasteiger partial charge in [0.1, 0.15) is 5.75 Å². The van der Waals surface area contributed by atoms with Crippen molar-refractivity contribution >= 4 is 10.2 Å². The minimum Gasteiger partial charge on any atom is -0.493 e. The fourth-order valence-corrected chi connectivity index (χ4v) is 6.66. The second-order valence-corrected chi connectivity index (χ2v) is 11.0. The number of fused-ring (bicyclic) bond motifs is 1. The largest absolute Gasteiger partial charge is 0.493 e. The summed E-state index contributed by atoms with van der Waals surface area (Å²) in [6.07, 6.45) is 3.91. The molecule has 0 radical (unpaired) electrons. The molecule has 1 aromatic carbocycles. The molecular weight excluding hydrogens is 414 g/mol. The van der Waals surface area contributed by atoms with Crippen molar-refractivity contribution in [2.45, 2.75) is 45.6 Å². The molecule has 4 rings (SSSR count). The molecule has 0 aromatic heterocycles. The first-order valence-corrected chi connectivity index (χ1v) is 13.2. The Kier molecular flexibility index (Phi) is 7.54. The van der Waals surface area contributed by atoms with E-state index >= 15 is 0 Å². The number of rotatable bonds is 8. The second kappa shape index (κ2) is 10.2. The molecule has 1 atom stereocenters. The zero-order valence-corrected chi connectivity index (χ0v) is 19.8. The van der Waals surface area contributed by atoms with Crippen molar-refractivity contribution < 1.29 is 17.9 Å². The van der Waals surface area contributed by atoms with Crippen molar-refractivity contribution in [2.75, 3.05) is 59.1 Å². The van der Waals surface area contributed by atoms with Crippen LogP contribution >= 0.6 is 0 Å². The number of benzene rings is 1. The lowest BCUT2D eigenvalue weighted by Gasteiger charge is -2.38. The topological polar surface area (TPSA) is 62.3 Å². The van der Waals surface area contributed by atoms with Crippen LogP contribution in [0.4, 0.5) is 0 Å². The molecule has 174 valence electrons. The molecule has 0 aliphatic carbocycles. The summed E-state index contributed by atoms with van der Waals surface area (Å²) in [5.74, 6) is 1.59. The van der Waals surface area contributed by atoms with E-state index in [0.717, 1.165) is 51.1 Å². The molecule has 0 saturated carbocycles. The van der Waals surface area contributed by atoms with Gasteiger partial charge in [0.2, 0.25) is 0 Å². The van der Waals surface area contributed by atoms with Gasteiger partial charge in [0.05, 0.1) is 19.8 Å². The highest BCUT2D eigenvalue weighted by molar-refractivity contribution is 7.86. The lowest BCUT2D eigenvalue weighted by atomic mass is 9.96. The van der Waals surface area contributed by atoms with Crippen LogP contribution in [0.25, 0.3) is 0 Å². The summed E-state index contributed by atoms with van der Waals surface area (Å²) in [7, 11) is -3.34. The summed E-state index contributed by atoms with van der Waals surface area (Å²) in [6, 6.07) is 7.08. The van der Waals surface area contributed by atoms with Crippen LogP contribution in [0.1, 0.15) is 37.8 Å². The number of nitrogens with zero attached hydrogens (tertiary/aromatic N) is 3. The second-order valence-electron chi connectivity index (χ2n) is 9.04. The van der Waals surface area contributed by atoms with Crippen LogP contribution < -0.4 is 4.74 Å². The standard InChI is InChI=1S/C23H37N3O4S/c1-3-24(19(2)16-21-4-5-23-22(17-21)8-13-30-23)18-20-6-9-25(10-7-20)31(27,28)26-11-14-29-15-12-26/h4-5,17,19-20H,3,6-16,18H2,1-2H3/t19-/m0/s1. The third-order valence-electron chi connectivity index (χ3n) is 7.00. The zero-order valence-electron chi connectivity index (χ0n) is 19.0. The summed E-state index contributed by atoms with van der Waals surface area (Å²) in [4.78, 5) is 2.56. The highest BCUT2D eigenvalue weighted by Crippen LogP contribution is 2.27. The van der Waals surface area contributed by atoms with Gasteiger partial charge in [-0.2, -0.15) is 17.0 Å². The Morgan fingerprint density at radius 3 is 2.52 bits per heavy atom. The van der Waals surface area contributed by atoms with Crippen LogP contribution in [0.3, 0.4) is 0 Å². The Morgan fingerprint density at radius 2 is 1.81 bits per heavy atom. The Balaban J connectivity index is 1.28. The lowest BCUT2D eigenvalue weighted by molar-refractivity contribution is 0.0688. The molecular formula is C23H37N3O4S. The van der Waals surface area contributed by atoms with Gasteiger partial charge >= 0.3 is 0 Å². The van der Waals surface area contributed by atoms with E-state index in [9.17, 15) is 8.42 Å². The number of hydrogen-bond acceptors (Lipinski definition) is 5. The van der Waals surface area contributed by atoms with E-state index in [1.165, 1.54) is 11.1 Å². The minimum atomic E-state index is -3.34. The fraction of sp³-hybridized carbons (Fsp3) is 0.739. The third-order valence-corrected chi connectivity index (χ3v) is 9.04.